The average Bonchev–Trinajstić information content (AvgIpc) is 3.07. The minimum atomic E-state index is -0.992. The fourth-order valence-corrected chi connectivity index (χ4v) is 4.92. The molecular formula is C22H27BrO7. The first-order valence-electron chi connectivity index (χ1n) is 10.2. The monoisotopic (exact) mass is 482 g/mol. The number of rotatable bonds is 8. The smallest absolute Gasteiger partial charge is 0.338 e. The Morgan fingerprint density at radius 1 is 1.33 bits per heavy atom. The summed E-state index contributed by atoms with van der Waals surface area (Å²) < 4.78 is 24.7. The van der Waals surface area contributed by atoms with Crippen molar-refractivity contribution >= 4 is 21.9 Å². The zero-order chi connectivity index (χ0) is 21.5. The van der Waals surface area contributed by atoms with Crippen LogP contribution in [0.4, 0.5) is 0 Å². The number of ether oxygens (including phenoxy) is 4. The molecule has 30 heavy (non-hydrogen) atoms. The number of benzene rings is 1. The first-order chi connectivity index (χ1) is 14.3. The van der Waals surface area contributed by atoms with E-state index >= 15 is 0 Å². The van der Waals surface area contributed by atoms with Gasteiger partial charge in [-0.15, -0.1) is 0 Å². The summed E-state index contributed by atoms with van der Waals surface area (Å²) >= 11 is 3.36. The summed E-state index contributed by atoms with van der Waals surface area (Å²) in [5.41, 5.74) is 0.482. The Balaban J connectivity index is 1.46. The SMILES string of the molecule is C=C(Br)C[C@H](CC[C@@]12CC3OC(C([C@H](C)O)O1)[C@@H](O)C3O2)OC(=O)c1ccccc1. The van der Waals surface area contributed by atoms with Gasteiger partial charge in [0.25, 0.3) is 0 Å². The quantitative estimate of drug-likeness (QED) is 0.550. The summed E-state index contributed by atoms with van der Waals surface area (Å²) in [6, 6.07) is 8.82. The number of esters is 1. The molecule has 5 rings (SSSR count). The molecule has 4 heterocycles. The highest BCUT2D eigenvalue weighted by Gasteiger charge is 2.63. The summed E-state index contributed by atoms with van der Waals surface area (Å²) in [6.45, 7) is 5.49. The van der Waals surface area contributed by atoms with Gasteiger partial charge < -0.3 is 29.2 Å². The fraction of sp³-hybridized carbons (Fsp3) is 0.591. The number of halogens is 1. The Morgan fingerprint density at radius 2 is 2.07 bits per heavy atom. The third-order valence-corrected chi connectivity index (χ3v) is 6.29. The van der Waals surface area contributed by atoms with Gasteiger partial charge in [-0.05, 0) is 30.0 Å². The van der Waals surface area contributed by atoms with Crippen LogP contribution in [0.3, 0.4) is 0 Å². The van der Waals surface area contributed by atoms with Crippen LogP contribution in [0.2, 0.25) is 0 Å². The molecule has 1 aromatic carbocycles. The minimum absolute atomic E-state index is 0.273. The topological polar surface area (TPSA) is 94.5 Å². The van der Waals surface area contributed by atoms with Gasteiger partial charge in [-0.2, -0.15) is 0 Å². The molecule has 0 aromatic heterocycles. The molecule has 4 saturated heterocycles. The van der Waals surface area contributed by atoms with Crippen LogP contribution in [-0.2, 0) is 18.9 Å². The maximum atomic E-state index is 12.5. The van der Waals surface area contributed by atoms with Crippen molar-refractivity contribution in [2.24, 2.45) is 0 Å². The molecule has 0 amide bonds. The van der Waals surface area contributed by atoms with Gasteiger partial charge in [0.1, 0.15) is 30.5 Å². The number of aliphatic hydroxyl groups excluding tert-OH is 2. The Kier molecular flexibility index (Phi) is 6.35. The molecule has 4 aliphatic rings. The summed E-state index contributed by atoms with van der Waals surface area (Å²) in [4.78, 5) is 12.5. The second-order valence-corrected chi connectivity index (χ2v) is 9.42. The summed E-state index contributed by atoms with van der Waals surface area (Å²) in [7, 11) is 0. The predicted molar refractivity (Wildman–Crippen MR) is 111 cm³/mol. The highest BCUT2D eigenvalue weighted by atomic mass is 79.9. The lowest BCUT2D eigenvalue weighted by Gasteiger charge is -2.33. The van der Waals surface area contributed by atoms with Crippen LogP contribution in [0.1, 0.15) is 43.0 Å². The third-order valence-electron chi connectivity index (χ3n) is 5.96. The first-order valence-corrected chi connectivity index (χ1v) is 11.0. The van der Waals surface area contributed by atoms with Gasteiger partial charge in [-0.3, -0.25) is 0 Å². The molecule has 0 radical (unpaired) electrons. The second-order valence-electron chi connectivity index (χ2n) is 8.30. The maximum Gasteiger partial charge on any atom is 0.338 e. The molecule has 4 bridgehead atoms. The number of hydrogen-bond donors (Lipinski definition) is 2. The van der Waals surface area contributed by atoms with E-state index in [4.69, 9.17) is 18.9 Å². The molecule has 2 N–H and O–H groups in total. The first kappa shape index (κ1) is 21.9. The molecule has 7 nitrogen and oxygen atoms in total. The molecule has 164 valence electrons. The second kappa shape index (κ2) is 8.68. The van der Waals surface area contributed by atoms with Gasteiger partial charge in [0.05, 0.1) is 17.8 Å². The predicted octanol–water partition coefficient (Wildman–Crippen LogP) is 2.68. The van der Waals surface area contributed by atoms with Gasteiger partial charge in [0.15, 0.2) is 5.79 Å². The zero-order valence-electron chi connectivity index (χ0n) is 16.8. The highest BCUT2D eigenvalue weighted by Crippen LogP contribution is 2.49. The Morgan fingerprint density at radius 3 is 2.70 bits per heavy atom. The molecule has 0 spiro atoms. The Hall–Kier alpha value is -1.29. The van der Waals surface area contributed by atoms with Crippen LogP contribution in [-0.4, -0.2) is 64.7 Å². The van der Waals surface area contributed by atoms with Crippen LogP contribution >= 0.6 is 15.9 Å². The number of carbonyl (C=O) groups is 1. The standard InChI is InChI=1S/C22H27BrO7/c1-12(23)10-15(27-21(26)14-6-4-3-5-7-14)8-9-22-11-16-19(30-22)17(25)20(28-16)18(29-22)13(2)24/h3-7,13,15-20,24-25H,1,8-11H2,2H3/t13-,15-,16?,17-,18?,19?,20?,22+/m0/s1. The molecule has 1 aromatic rings. The molecule has 4 unspecified atom stereocenters. The van der Waals surface area contributed by atoms with Crippen molar-refractivity contribution in [1.29, 1.82) is 0 Å². The van der Waals surface area contributed by atoms with E-state index in [2.05, 4.69) is 22.5 Å². The van der Waals surface area contributed by atoms with Gasteiger partial charge >= 0.3 is 5.97 Å². The lowest BCUT2D eigenvalue weighted by molar-refractivity contribution is -0.263. The largest absolute Gasteiger partial charge is 0.458 e. The summed E-state index contributed by atoms with van der Waals surface area (Å²) in [5.74, 6) is -1.39. The van der Waals surface area contributed by atoms with E-state index < -0.39 is 48.4 Å². The van der Waals surface area contributed by atoms with E-state index in [9.17, 15) is 15.0 Å². The Labute approximate surface area is 184 Å². The van der Waals surface area contributed by atoms with Crippen LogP contribution in [0, 0.1) is 0 Å². The Bertz CT molecular complexity index is 785. The van der Waals surface area contributed by atoms with Crippen molar-refractivity contribution in [3.63, 3.8) is 0 Å². The van der Waals surface area contributed by atoms with Crippen LogP contribution in [0.15, 0.2) is 41.4 Å². The maximum absolute atomic E-state index is 12.5. The lowest BCUT2D eigenvalue weighted by atomic mass is 9.96. The van der Waals surface area contributed by atoms with Crippen LogP contribution in [0.5, 0.6) is 0 Å². The number of aliphatic hydroxyl groups is 2. The van der Waals surface area contributed by atoms with E-state index in [1.165, 1.54) is 0 Å². The van der Waals surface area contributed by atoms with Gasteiger partial charge in [-0.1, -0.05) is 40.7 Å². The molecule has 0 aliphatic carbocycles. The summed E-state index contributed by atoms with van der Waals surface area (Å²) in [6.07, 6.45) is -2.33. The highest BCUT2D eigenvalue weighted by molar-refractivity contribution is 9.11. The van der Waals surface area contributed by atoms with Crippen LogP contribution < -0.4 is 0 Å². The lowest BCUT2D eigenvalue weighted by Crippen LogP contribution is -2.46. The zero-order valence-corrected chi connectivity index (χ0v) is 18.4. The number of hydrogen-bond acceptors (Lipinski definition) is 7. The number of fused-ring (bicyclic) bond motifs is 1. The average molecular weight is 483 g/mol. The third kappa shape index (κ3) is 4.35. The molecule has 8 atom stereocenters. The van der Waals surface area contributed by atoms with E-state index in [0.717, 1.165) is 4.48 Å². The normalized spacial score (nSPS) is 36.3. The fourth-order valence-electron chi connectivity index (χ4n) is 4.56. The summed E-state index contributed by atoms with van der Waals surface area (Å²) in [5, 5.41) is 20.7. The van der Waals surface area contributed by atoms with Gasteiger partial charge in [-0.25, -0.2) is 4.79 Å². The molecule has 4 fully saturated rings. The van der Waals surface area contributed by atoms with Crippen LogP contribution in [0.25, 0.3) is 0 Å². The van der Waals surface area contributed by atoms with E-state index in [-0.39, 0.29) is 6.10 Å². The van der Waals surface area contributed by atoms with Crippen molar-refractivity contribution in [3.05, 3.63) is 47.0 Å². The van der Waals surface area contributed by atoms with E-state index in [0.29, 0.717) is 31.2 Å². The minimum Gasteiger partial charge on any atom is -0.458 e. The number of carbonyl (C=O) groups excluding carboxylic acids is 1. The van der Waals surface area contributed by atoms with E-state index in [1.54, 1.807) is 31.2 Å². The van der Waals surface area contributed by atoms with Crippen molar-refractivity contribution in [3.8, 4) is 0 Å². The molecule has 0 saturated carbocycles. The molecular weight excluding hydrogens is 456 g/mol. The van der Waals surface area contributed by atoms with E-state index in [1.807, 2.05) is 6.07 Å². The van der Waals surface area contributed by atoms with Gasteiger partial charge in [0, 0.05) is 19.3 Å². The molecule has 4 aliphatic heterocycles. The molecule has 8 heteroatoms. The van der Waals surface area contributed by atoms with Crippen molar-refractivity contribution < 1.29 is 34.0 Å². The van der Waals surface area contributed by atoms with Gasteiger partial charge in [0.2, 0.25) is 0 Å². The van der Waals surface area contributed by atoms with Crippen molar-refractivity contribution in [1.82, 2.24) is 0 Å². The van der Waals surface area contributed by atoms with Crippen molar-refractivity contribution in [2.45, 2.75) is 81.1 Å². The van der Waals surface area contributed by atoms with Crippen molar-refractivity contribution in [2.75, 3.05) is 0 Å².